The van der Waals surface area contributed by atoms with E-state index in [0.29, 0.717) is 24.7 Å². The van der Waals surface area contributed by atoms with Crippen LogP contribution < -0.4 is 0 Å². The average Bonchev–Trinajstić information content (AvgIpc) is 3.30. The zero-order chi connectivity index (χ0) is 18.8. The molecule has 1 aromatic carbocycles. The van der Waals surface area contributed by atoms with Gasteiger partial charge in [0, 0.05) is 39.6 Å². The molecule has 2 aromatic heterocycles. The van der Waals surface area contributed by atoms with Crippen molar-refractivity contribution in [1.82, 2.24) is 24.3 Å². The third-order valence-electron chi connectivity index (χ3n) is 4.99. The quantitative estimate of drug-likeness (QED) is 0.694. The highest BCUT2D eigenvalue weighted by atomic mass is 16.3. The lowest BCUT2D eigenvalue weighted by atomic mass is 10.00. The maximum atomic E-state index is 12.6. The van der Waals surface area contributed by atoms with Crippen LogP contribution in [0.25, 0.3) is 0 Å². The summed E-state index contributed by atoms with van der Waals surface area (Å²) in [5.74, 6) is 1.22. The predicted molar refractivity (Wildman–Crippen MR) is 99.8 cm³/mol. The van der Waals surface area contributed by atoms with Crippen LogP contribution in [-0.2, 0) is 33.1 Å². The van der Waals surface area contributed by atoms with E-state index in [1.807, 2.05) is 17.8 Å². The molecule has 0 saturated heterocycles. The van der Waals surface area contributed by atoms with Gasteiger partial charge in [-0.1, -0.05) is 24.3 Å². The molecule has 7 heteroatoms. The van der Waals surface area contributed by atoms with E-state index in [-0.39, 0.29) is 5.91 Å². The lowest BCUT2D eigenvalue weighted by Gasteiger charge is -2.27. The zero-order valence-corrected chi connectivity index (χ0v) is 15.6. The molecular weight excluding hydrogens is 342 g/mol. The molecule has 3 heterocycles. The van der Waals surface area contributed by atoms with Gasteiger partial charge >= 0.3 is 0 Å². The molecule has 0 bridgehead atoms. The number of carbonyl (C=O) groups excluding carboxylic acids is 1. The molecule has 0 radical (unpaired) electrons. The Morgan fingerprint density at radius 2 is 2.11 bits per heavy atom. The second kappa shape index (κ2) is 7.36. The van der Waals surface area contributed by atoms with E-state index < -0.39 is 0 Å². The highest BCUT2D eigenvalue weighted by Gasteiger charge is 2.21. The van der Waals surface area contributed by atoms with Crippen molar-refractivity contribution in [2.45, 2.75) is 26.1 Å². The number of nitrogens with zero attached hydrogens (tertiary/aromatic N) is 5. The van der Waals surface area contributed by atoms with Gasteiger partial charge in [-0.3, -0.25) is 9.69 Å². The first-order chi connectivity index (χ1) is 13.1. The van der Waals surface area contributed by atoms with Gasteiger partial charge in [-0.2, -0.15) is 0 Å². The fraction of sp³-hybridized carbons (Fsp3) is 0.350. The lowest BCUT2D eigenvalue weighted by Crippen LogP contribution is -2.30. The van der Waals surface area contributed by atoms with Crippen molar-refractivity contribution in [3.05, 3.63) is 71.5 Å². The third kappa shape index (κ3) is 3.78. The van der Waals surface area contributed by atoms with Crippen molar-refractivity contribution in [1.29, 1.82) is 0 Å². The van der Waals surface area contributed by atoms with Crippen molar-refractivity contribution in [3.8, 4) is 0 Å². The van der Waals surface area contributed by atoms with Crippen molar-refractivity contribution in [3.63, 3.8) is 0 Å². The van der Waals surface area contributed by atoms with Crippen LogP contribution in [0.2, 0.25) is 0 Å². The lowest BCUT2D eigenvalue weighted by molar-refractivity contribution is 0.0774. The van der Waals surface area contributed by atoms with Crippen LogP contribution in [0.3, 0.4) is 0 Å². The van der Waals surface area contributed by atoms with Gasteiger partial charge in [0.2, 0.25) is 5.89 Å². The molecule has 0 aliphatic carbocycles. The van der Waals surface area contributed by atoms with Gasteiger partial charge in [0.15, 0.2) is 5.69 Å². The Balaban J connectivity index is 1.38. The fourth-order valence-corrected chi connectivity index (χ4v) is 3.39. The van der Waals surface area contributed by atoms with E-state index in [1.54, 1.807) is 18.1 Å². The molecule has 27 heavy (non-hydrogen) atoms. The summed E-state index contributed by atoms with van der Waals surface area (Å²) in [6, 6.07) is 8.51. The number of hydrogen-bond donors (Lipinski definition) is 0. The molecule has 0 spiro atoms. The van der Waals surface area contributed by atoms with Gasteiger partial charge in [-0.15, -0.1) is 0 Å². The Hall–Kier alpha value is -2.93. The van der Waals surface area contributed by atoms with E-state index in [2.05, 4.69) is 39.1 Å². The maximum absolute atomic E-state index is 12.6. The Labute approximate surface area is 158 Å². The summed E-state index contributed by atoms with van der Waals surface area (Å²) in [6.07, 6.45) is 6.05. The molecule has 7 nitrogen and oxygen atoms in total. The van der Waals surface area contributed by atoms with Gasteiger partial charge in [-0.05, 0) is 17.5 Å². The summed E-state index contributed by atoms with van der Waals surface area (Å²) >= 11 is 0. The monoisotopic (exact) mass is 365 g/mol. The Bertz CT molecular complexity index is 945. The number of fused-ring (bicyclic) bond motifs is 1. The van der Waals surface area contributed by atoms with Crippen molar-refractivity contribution < 1.29 is 9.21 Å². The Morgan fingerprint density at radius 3 is 2.89 bits per heavy atom. The largest absolute Gasteiger partial charge is 0.447 e. The minimum absolute atomic E-state index is 0.169. The minimum Gasteiger partial charge on any atom is -0.447 e. The number of rotatable bonds is 5. The molecule has 1 aliphatic heterocycles. The summed E-state index contributed by atoms with van der Waals surface area (Å²) in [7, 11) is 3.65. The predicted octanol–water partition coefficient (Wildman–Crippen LogP) is 2.24. The SMILES string of the molecule is CN(Cc1nccn1C)C(=O)c1coc(CN2CCc3ccccc3C2)n1. The molecule has 4 rings (SSSR count). The Morgan fingerprint density at radius 1 is 1.30 bits per heavy atom. The number of oxazole rings is 1. The van der Waals surface area contributed by atoms with Crippen LogP contribution in [0.4, 0.5) is 0 Å². The second-order valence-corrected chi connectivity index (χ2v) is 6.97. The number of benzene rings is 1. The number of carbonyl (C=O) groups is 1. The van der Waals surface area contributed by atoms with Gasteiger partial charge in [-0.25, -0.2) is 9.97 Å². The third-order valence-corrected chi connectivity index (χ3v) is 4.99. The highest BCUT2D eigenvalue weighted by Crippen LogP contribution is 2.20. The van der Waals surface area contributed by atoms with Gasteiger partial charge in [0.25, 0.3) is 5.91 Å². The first-order valence-corrected chi connectivity index (χ1v) is 9.05. The number of amides is 1. The van der Waals surface area contributed by atoms with E-state index in [4.69, 9.17) is 4.42 Å². The summed E-state index contributed by atoms with van der Waals surface area (Å²) in [4.78, 5) is 25.2. The van der Waals surface area contributed by atoms with Crippen LogP contribution >= 0.6 is 0 Å². The van der Waals surface area contributed by atoms with Crippen molar-refractivity contribution >= 4 is 5.91 Å². The van der Waals surface area contributed by atoms with E-state index >= 15 is 0 Å². The zero-order valence-electron chi connectivity index (χ0n) is 15.6. The molecule has 1 aliphatic rings. The molecule has 0 N–H and O–H groups in total. The number of aromatic nitrogens is 3. The molecule has 0 atom stereocenters. The average molecular weight is 365 g/mol. The van der Waals surface area contributed by atoms with Crippen LogP contribution in [0, 0.1) is 0 Å². The van der Waals surface area contributed by atoms with E-state index in [0.717, 1.165) is 25.3 Å². The minimum atomic E-state index is -0.169. The topological polar surface area (TPSA) is 67.4 Å². The number of aryl methyl sites for hydroxylation is 1. The smallest absolute Gasteiger partial charge is 0.275 e. The fourth-order valence-electron chi connectivity index (χ4n) is 3.39. The van der Waals surface area contributed by atoms with Crippen LogP contribution in [0.1, 0.15) is 33.3 Å². The van der Waals surface area contributed by atoms with Crippen LogP contribution in [0.5, 0.6) is 0 Å². The summed E-state index contributed by atoms with van der Waals surface area (Å²) in [5.41, 5.74) is 3.09. The van der Waals surface area contributed by atoms with Gasteiger partial charge in [0.1, 0.15) is 12.1 Å². The normalized spacial score (nSPS) is 14.1. The molecule has 3 aromatic rings. The van der Waals surface area contributed by atoms with Gasteiger partial charge < -0.3 is 13.9 Å². The summed E-state index contributed by atoms with van der Waals surface area (Å²) in [6.45, 7) is 2.86. The summed E-state index contributed by atoms with van der Waals surface area (Å²) < 4.78 is 7.46. The molecule has 0 unspecified atom stereocenters. The molecule has 1 amide bonds. The highest BCUT2D eigenvalue weighted by molar-refractivity contribution is 5.91. The van der Waals surface area contributed by atoms with Gasteiger partial charge in [0.05, 0.1) is 13.1 Å². The maximum Gasteiger partial charge on any atom is 0.275 e. The Kier molecular flexibility index (Phi) is 4.77. The molecule has 0 saturated carbocycles. The van der Waals surface area contributed by atoms with Crippen LogP contribution in [0.15, 0.2) is 47.3 Å². The molecule has 140 valence electrons. The second-order valence-electron chi connectivity index (χ2n) is 6.97. The van der Waals surface area contributed by atoms with E-state index in [1.165, 1.54) is 17.4 Å². The standard InChI is InChI=1S/C20H23N5O2/c1-23-10-8-21-18(23)12-24(2)20(26)17-14-27-19(22-17)13-25-9-7-15-5-3-4-6-16(15)11-25/h3-6,8,10,14H,7,9,11-13H2,1-2H3. The van der Waals surface area contributed by atoms with E-state index in [9.17, 15) is 4.79 Å². The molecular formula is C20H23N5O2. The van der Waals surface area contributed by atoms with Crippen molar-refractivity contribution in [2.24, 2.45) is 7.05 Å². The van der Waals surface area contributed by atoms with Crippen molar-refractivity contribution in [2.75, 3.05) is 13.6 Å². The molecule has 0 fully saturated rings. The van der Waals surface area contributed by atoms with Crippen LogP contribution in [-0.4, -0.2) is 43.8 Å². The first kappa shape index (κ1) is 17.5. The number of hydrogen-bond acceptors (Lipinski definition) is 5. The summed E-state index contributed by atoms with van der Waals surface area (Å²) in [5, 5.41) is 0. The first-order valence-electron chi connectivity index (χ1n) is 9.05. The number of imidazole rings is 1.